The summed E-state index contributed by atoms with van der Waals surface area (Å²) in [6.07, 6.45) is 1.42. The normalized spacial score (nSPS) is 14.4. The maximum atomic E-state index is 12.4. The van der Waals surface area contributed by atoms with E-state index in [2.05, 4.69) is 29.5 Å². The van der Waals surface area contributed by atoms with Gasteiger partial charge in [0.05, 0.1) is 6.54 Å². The Morgan fingerprint density at radius 3 is 2.87 bits per heavy atom. The molecule has 1 aliphatic rings. The van der Waals surface area contributed by atoms with Crippen LogP contribution in [0.4, 0.5) is 5.69 Å². The van der Waals surface area contributed by atoms with Gasteiger partial charge < -0.3 is 10.6 Å². The first kappa shape index (κ1) is 17.1. The second-order valence-electron chi connectivity index (χ2n) is 5.50. The van der Waals surface area contributed by atoms with E-state index in [1.165, 1.54) is 6.20 Å². The number of carbonyl (C=O) groups excluding carboxylic acids is 1. The van der Waals surface area contributed by atoms with Crippen LogP contribution in [0.3, 0.4) is 0 Å². The highest BCUT2D eigenvalue weighted by Gasteiger charge is 2.15. The zero-order valence-electron chi connectivity index (χ0n) is 13.5. The Balaban J connectivity index is 2.17. The van der Waals surface area contributed by atoms with Gasteiger partial charge in [0, 0.05) is 17.6 Å². The van der Waals surface area contributed by atoms with E-state index in [4.69, 9.17) is 0 Å². The third kappa shape index (κ3) is 4.36. The van der Waals surface area contributed by atoms with Crippen LogP contribution in [0.2, 0.25) is 0 Å². The molecule has 0 atom stereocenters. The smallest absolute Gasteiger partial charge is 0.267 e. The van der Waals surface area contributed by atoms with Gasteiger partial charge in [0.25, 0.3) is 5.91 Å². The van der Waals surface area contributed by atoms with Crippen LogP contribution in [-0.2, 0) is 4.79 Å². The van der Waals surface area contributed by atoms with E-state index in [9.17, 15) is 10.1 Å². The van der Waals surface area contributed by atoms with Crippen molar-refractivity contribution in [2.24, 2.45) is 4.99 Å². The van der Waals surface area contributed by atoms with E-state index in [1.807, 2.05) is 31.2 Å². The van der Waals surface area contributed by atoms with Gasteiger partial charge in [-0.15, -0.1) is 0 Å². The van der Waals surface area contributed by atoms with Crippen LogP contribution in [0.25, 0.3) is 0 Å². The zero-order valence-corrected chi connectivity index (χ0v) is 14.3. The molecule has 0 aromatic heterocycles. The second kappa shape index (κ2) is 7.84. The molecule has 1 aromatic rings. The van der Waals surface area contributed by atoms with Crippen LogP contribution < -0.4 is 10.6 Å². The lowest BCUT2D eigenvalue weighted by molar-refractivity contribution is -0.112. The van der Waals surface area contributed by atoms with E-state index in [-0.39, 0.29) is 11.5 Å². The highest BCUT2D eigenvalue weighted by atomic mass is 32.2. The molecule has 0 saturated carbocycles. The molecule has 0 aliphatic carbocycles. The van der Waals surface area contributed by atoms with Crippen molar-refractivity contribution in [1.29, 1.82) is 5.26 Å². The summed E-state index contributed by atoms with van der Waals surface area (Å²) in [5, 5.41) is 15.8. The lowest BCUT2D eigenvalue weighted by Crippen LogP contribution is -2.20. The Morgan fingerprint density at radius 2 is 2.26 bits per heavy atom. The molecule has 0 fully saturated rings. The summed E-state index contributed by atoms with van der Waals surface area (Å²) in [7, 11) is 0. The van der Waals surface area contributed by atoms with Crippen LogP contribution in [0.15, 0.2) is 35.0 Å². The summed E-state index contributed by atoms with van der Waals surface area (Å²) in [5.41, 5.74) is 2.84. The number of nitrogens with zero attached hydrogens (tertiary/aromatic N) is 2. The summed E-state index contributed by atoms with van der Waals surface area (Å²) < 4.78 is 0. The lowest BCUT2D eigenvalue weighted by atomic mass is 9.98. The number of nitriles is 1. The van der Waals surface area contributed by atoms with Crippen LogP contribution in [0.5, 0.6) is 0 Å². The van der Waals surface area contributed by atoms with Crippen molar-refractivity contribution in [1.82, 2.24) is 5.32 Å². The fourth-order valence-corrected chi connectivity index (χ4v) is 2.93. The topological polar surface area (TPSA) is 77.3 Å². The van der Waals surface area contributed by atoms with Crippen LogP contribution in [0.1, 0.15) is 30.9 Å². The Labute approximate surface area is 140 Å². The lowest BCUT2D eigenvalue weighted by Gasteiger charge is -2.16. The van der Waals surface area contributed by atoms with Gasteiger partial charge in [-0.1, -0.05) is 43.8 Å². The van der Waals surface area contributed by atoms with E-state index >= 15 is 0 Å². The number of rotatable bonds is 4. The van der Waals surface area contributed by atoms with Gasteiger partial charge in [0.1, 0.15) is 11.6 Å². The number of amidine groups is 1. The van der Waals surface area contributed by atoms with Crippen molar-refractivity contribution < 1.29 is 4.79 Å². The number of para-hydroxylation sites is 1. The minimum absolute atomic E-state index is 0.0261. The minimum Gasteiger partial charge on any atom is -0.340 e. The fraction of sp³-hybridized carbons (Fsp3) is 0.353. The first-order valence-corrected chi connectivity index (χ1v) is 8.46. The molecule has 23 heavy (non-hydrogen) atoms. The van der Waals surface area contributed by atoms with E-state index in [1.54, 1.807) is 11.8 Å². The van der Waals surface area contributed by atoms with Gasteiger partial charge >= 0.3 is 0 Å². The van der Waals surface area contributed by atoms with Gasteiger partial charge in [-0.25, -0.2) is 0 Å². The van der Waals surface area contributed by atoms with Crippen molar-refractivity contribution in [3.8, 4) is 6.07 Å². The van der Waals surface area contributed by atoms with Crippen molar-refractivity contribution in [2.75, 3.05) is 17.6 Å². The number of amides is 1. The molecule has 5 nitrogen and oxygen atoms in total. The predicted molar refractivity (Wildman–Crippen MR) is 95.5 cm³/mol. The molecule has 120 valence electrons. The first-order chi connectivity index (χ1) is 11.0. The number of hydrogen-bond donors (Lipinski definition) is 2. The SMILES string of the molecule is Cc1cccc(C(C)C)c1NC(=O)/C(C#N)=C\NC1=NCCS1. The average Bonchev–Trinajstić information content (AvgIpc) is 3.03. The number of aryl methyl sites for hydroxylation is 1. The molecular formula is C17H20N4OS. The van der Waals surface area contributed by atoms with Gasteiger partial charge in [-0.2, -0.15) is 5.26 Å². The molecule has 0 radical (unpaired) electrons. The van der Waals surface area contributed by atoms with Crippen LogP contribution in [0, 0.1) is 18.3 Å². The third-order valence-corrected chi connectivity index (χ3v) is 4.36. The number of nitrogens with one attached hydrogen (secondary N) is 2. The Hall–Kier alpha value is -2.26. The molecule has 0 unspecified atom stereocenters. The molecule has 1 amide bonds. The molecule has 0 bridgehead atoms. The van der Waals surface area contributed by atoms with Gasteiger partial charge in [0.2, 0.25) is 0 Å². The fourth-order valence-electron chi connectivity index (χ4n) is 2.23. The zero-order chi connectivity index (χ0) is 16.8. The molecule has 0 saturated heterocycles. The number of carbonyl (C=O) groups is 1. The van der Waals surface area contributed by atoms with Crippen molar-refractivity contribution in [3.05, 3.63) is 41.1 Å². The predicted octanol–water partition coefficient (Wildman–Crippen LogP) is 3.16. The van der Waals surface area contributed by atoms with Crippen LogP contribution >= 0.6 is 11.8 Å². The van der Waals surface area contributed by atoms with E-state index < -0.39 is 5.91 Å². The Morgan fingerprint density at radius 1 is 1.48 bits per heavy atom. The Bertz CT molecular complexity index is 701. The van der Waals surface area contributed by atoms with Gasteiger partial charge in [-0.3, -0.25) is 9.79 Å². The second-order valence-corrected chi connectivity index (χ2v) is 6.58. The summed E-state index contributed by atoms with van der Waals surface area (Å²) in [6.45, 7) is 6.85. The molecule has 2 N–H and O–H groups in total. The molecule has 2 rings (SSSR count). The van der Waals surface area contributed by atoms with Crippen molar-refractivity contribution in [2.45, 2.75) is 26.7 Å². The summed E-state index contributed by atoms with van der Waals surface area (Å²) in [5.74, 6) is 0.785. The monoisotopic (exact) mass is 328 g/mol. The maximum absolute atomic E-state index is 12.4. The number of hydrogen-bond acceptors (Lipinski definition) is 5. The minimum atomic E-state index is -0.417. The molecule has 1 aromatic carbocycles. The van der Waals surface area contributed by atoms with Gasteiger partial charge in [0.15, 0.2) is 5.17 Å². The number of benzene rings is 1. The maximum Gasteiger partial charge on any atom is 0.267 e. The summed E-state index contributed by atoms with van der Waals surface area (Å²) in [6, 6.07) is 7.84. The summed E-state index contributed by atoms with van der Waals surface area (Å²) >= 11 is 1.57. The van der Waals surface area contributed by atoms with E-state index in [0.717, 1.165) is 34.3 Å². The molecule has 0 spiro atoms. The number of aliphatic imine (C=N–C) groups is 1. The van der Waals surface area contributed by atoms with E-state index in [0.29, 0.717) is 0 Å². The number of anilines is 1. The molecule has 1 heterocycles. The van der Waals surface area contributed by atoms with Crippen LogP contribution in [-0.4, -0.2) is 23.4 Å². The highest BCUT2D eigenvalue weighted by molar-refractivity contribution is 8.14. The quantitative estimate of drug-likeness (QED) is 0.657. The highest BCUT2D eigenvalue weighted by Crippen LogP contribution is 2.27. The average molecular weight is 328 g/mol. The number of thioether (sulfide) groups is 1. The molecule has 6 heteroatoms. The molecular weight excluding hydrogens is 308 g/mol. The third-order valence-electron chi connectivity index (χ3n) is 3.46. The Kier molecular flexibility index (Phi) is 5.83. The van der Waals surface area contributed by atoms with Gasteiger partial charge in [-0.05, 0) is 24.0 Å². The first-order valence-electron chi connectivity index (χ1n) is 7.48. The molecule has 1 aliphatic heterocycles. The standard InChI is InChI=1S/C17H20N4OS/c1-11(2)14-6-4-5-12(3)15(14)21-16(22)13(9-18)10-20-17-19-7-8-23-17/h4-6,10-11H,7-8H2,1-3H3,(H,19,20)(H,21,22)/b13-10-. The van der Waals surface area contributed by atoms with Crippen molar-refractivity contribution >= 4 is 28.5 Å². The largest absolute Gasteiger partial charge is 0.340 e. The van der Waals surface area contributed by atoms with Crippen molar-refractivity contribution in [3.63, 3.8) is 0 Å². The summed E-state index contributed by atoms with van der Waals surface area (Å²) in [4.78, 5) is 16.6.